The van der Waals surface area contributed by atoms with Gasteiger partial charge >= 0.3 is 0 Å². The minimum absolute atomic E-state index is 0.00198. The number of nitrogens with two attached hydrogens (primary N) is 1. The van der Waals surface area contributed by atoms with E-state index >= 15 is 0 Å². The van der Waals surface area contributed by atoms with Crippen LogP contribution in [0.3, 0.4) is 0 Å². The standard InChI is InChI=1S/C14H27N3O2/c1-10(2)11(15)12(18)16-6-8-17(9-7-16)13(19)14(3,4)5/h10-11H,6-9,15H2,1-5H3/t11-/m0/s1. The van der Waals surface area contributed by atoms with E-state index in [4.69, 9.17) is 5.73 Å². The van der Waals surface area contributed by atoms with Crippen molar-refractivity contribution >= 4 is 11.8 Å². The lowest BCUT2D eigenvalue weighted by molar-refractivity contribution is -0.145. The summed E-state index contributed by atoms with van der Waals surface area (Å²) in [4.78, 5) is 27.9. The second-order valence-corrected chi connectivity index (χ2v) is 6.64. The molecule has 1 heterocycles. The average Bonchev–Trinajstić information content (AvgIpc) is 2.35. The summed E-state index contributed by atoms with van der Waals surface area (Å²) < 4.78 is 0. The molecule has 0 aromatic rings. The fourth-order valence-corrected chi connectivity index (χ4v) is 2.10. The second kappa shape index (κ2) is 5.90. The van der Waals surface area contributed by atoms with Crippen molar-refractivity contribution in [2.24, 2.45) is 17.1 Å². The first-order chi connectivity index (χ1) is 8.64. The van der Waals surface area contributed by atoms with E-state index in [9.17, 15) is 9.59 Å². The van der Waals surface area contributed by atoms with Crippen LogP contribution < -0.4 is 5.73 Å². The van der Waals surface area contributed by atoms with Crippen LogP contribution in [0.1, 0.15) is 34.6 Å². The van der Waals surface area contributed by atoms with E-state index in [-0.39, 0.29) is 23.1 Å². The topological polar surface area (TPSA) is 66.6 Å². The molecule has 5 nitrogen and oxygen atoms in total. The Hall–Kier alpha value is -1.10. The van der Waals surface area contributed by atoms with E-state index in [1.54, 1.807) is 4.90 Å². The molecule has 1 aliphatic rings. The number of amides is 2. The summed E-state index contributed by atoms with van der Waals surface area (Å²) in [6.07, 6.45) is 0. The molecule has 19 heavy (non-hydrogen) atoms. The summed E-state index contributed by atoms with van der Waals surface area (Å²) in [6.45, 7) is 12.0. The SMILES string of the molecule is CC(C)[C@H](N)C(=O)N1CCN(C(=O)C(C)(C)C)CC1. The van der Waals surface area contributed by atoms with Crippen LogP contribution in [0, 0.1) is 11.3 Å². The van der Waals surface area contributed by atoms with Crippen LogP contribution in [0.15, 0.2) is 0 Å². The lowest BCUT2D eigenvalue weighted by atomic mass is 9.94. The molecule has 0 spiro atoms. The molecule has 110 valence electrons. The maximum absolute atomic E-state index is 12.1. The quantitative estimate of drug-likeness (QED) is 0.802. The van der Waals surface area contributed by atoms with Crippen molar-refractivity contribution in [3.8, 4) is 0 Å². The molecule has 1 atom stereocenters. The van der Waals surface area contributed by atoms with Crippen LogP contribution in [0.25, 0.3) is 0 Å². The third-order valence-corrected chi connectivity index (χ3v) is 3.52. The van der Waals surface area contributed by atoms with E-state index < -0.39 is 6.04 Å². The molecule has 0 unspecified atom stereocenters. The molecular formula is C14H27N3O2. The predicted octanol–water partition coefficient (Wildman–Crippen LogP) is 0.687. The molecule has 1 fully saturated rings. The number of carbonyl (C=O) groups is 2. The number of hydrogen-bond donors (Lipinski definition) is 1. The first-order valence-corrected chi connectivity index (χ1v) is 6.98. The number of rotatable bonds is 2. The minimum Gasteiger partial charge on any atom is -0.339 e. The summed E-state index contributed by atoms with van der Waals surface area (Å²) in [7, 11) is 0. The Bertz CT molecular complexity index is 339. The van der Waals surface area contributed by atoms with Crippen molar-refractivity contribution < 1.29 is 9.59 Å². The molecular weight excluding hydrogens is 242 g/mol. The van der Waals surface area contributed by atoms with Gasteiger partial charge in [0.05, 0.1) is 6.04 Å². The Morgan fingerprint density at radius 2 is 1.42 bits per heavy atom. The zero-order valence-electron chi connectivity index (χ0n) is 12.8. The van der Waals surface area contributed by atoms with Crippen molar-refractivity contribution in [1.29, 1.82) is 0 Å². The van der Waals surface area contributed by atoms with Gasteiger partial charge in [0.15, 0.2) is 0 Å². The highest BCUT2D eigenvalue weighted by molar-refractivity contribution is 5.83. The minimum atomic E-state index is -0.440. The van der Waals surface area contributed by atoms with Crippen molar-refractivity contribution in [2.45, 2.75) is 40.7 Å². The van der Waals surface area contributed by atoms with Crippen LogP contribution in [-0.2, 0) is 9.59 Å². The molecule has 1 saturated heterocycles. The van der Waals surface area contributed by atoms with Crippen LogP contribution in [0.2, 0.25) is 0 Å². The van der Waals surface area contributed by atoms with Gasteiger partial charge in [-0.1, -0.05) is 34.6 Å². The maximum Gasteiger partial charge on any atom is 0.239 e. The van der Waals surface area contributed by atoms with E-state index in [2.05, 4.69) is 0 Å². The number of nitrogens with zero attached hydrogens (tertiary/aromatic N) is 2. The van der Waals surface area contributed by atoms with Gasteiger partial charge in [0.25, 0.3) is 0 Å². The van der Waals surface area contributed by atoms with Crippen LogP contribution in [-0.4, -0.2) is 53.8 Å². The molecule has 1 rings (SSSR count). The van der Waals surface area contributed by atoms with Gasteiger partial charge in [0.1, 0.15) is 0 Å². The van der Waals surface area contributed by atoms with E-state index in [0.717, 1.165) is 0 Å². The third-order valence-electron chi connectivity index (χ3n) is 3.52. The molecule has 0 saturated carbocycles. The van der Waals surface area contributed by atoms with E-state index in [1.807, 2.05) is 39.5 Å². The first kappa shape index (κ1) is 16.0. The summed E-state index contributed by atoms with van der Waals surface area (Å²) in [5, 5.41) is 0. The highest BCUT2D eigenvalue weighted by Gasteiger charge is 2.32. The highest BCUT2D eigenvalue weighted by atomic mass is 16.2. The zero-order chi connectivity index (χ0) is 14.8. The third kappa shape index (κ3) is 3.93. The monoisotopic (exact) mass is 269 g/mol. The largest absolute Gasteiger partial charge is 0.339 e. The summed E-state index contributed by atoms with van der Waals surface area (Å²) in [5.74, 6) is 0.285. The predicted molar refractivity (Wildman–Crippen MR) is 75.4 cm³/mol. The maximum atomic E-state index is 12.1. The van der Waals surface area contributed by atoms with E-state index in [1.165, 1.54) is 0 Å². The van der Waals surface area contributed by atoms with Gasteiger partial charge in [-0.05, 0) is 5.92 Å². The summed E-state index contributed by atoms with van der Waals surface area (Å²) >= 11 is 0. The lowest BCUT2D eigenvalue weighted by Crippen LogP contribution is -2.56. The number of carbonyl (C=O) groups excluding carboxylic acids is 2. The van der Waals surface area contributed by atoms with Gasteiger partial charge in [0.2, 0.25) is 11.8 Å². The molecule has 2 amide bonds. The molecule has 0 aromatic carbocycles. The number of hydrogen-bond acceptors (Lipinski definition) is 3. The van der Waals surface area contributed by atoms with Crippen molar-refractivity contribution in [3.63, 3.8) is 0 Å². The Labute approximate surface area is 116 Å². The Morgan fingerprint density at radius 1 is 1.00 bits per heavy atom. The Kier molecular flexibility index (Phi) is 4.96. The summed E-state index contributed by atoms with van der Waals surface area (Å²) in [5.41, 5.74) is 5.52. The summed E-state index contributed by atoms with van der Waals surface area (Å²) in [6, 6.07) is -0.440. The molecule has 1 aliphatic heterocycles. The zero-order valence-corrected chi connectivity index (χ0v) is 12.8. The van der Waals surface area contributed by atoms with Crippen LogP contribution >= 0.6 is 0 Å². The molecule has 0 aromatic heterocycles. The van der Waals surface area contributed by atoms with Crippen molar-refractivity contribution in [1.82, 2.24) is 9.80 Å². The van der Waals surface area contributed by atoms with Gasteiger partial charge in [0, 0.05) is 31.6 Å². The van der Waals surface area contributed by atoms with Crippen LogP contribution in [0.4, 0.5) is 0 Å². The van der Waals surface area contributed by atoms with Gasteiger partial charge in [-0.15, -0.1) is 0 Å². The fraction of sp³-hybridized carbons (Fsp3) is 0.857. The molecule has 5 heteroatoms. The lowest BCUT2D eigenvalue weighted by Gasteiger charge is -2.38. The molecule has 0 radical (unpaired) electrons. The highest BCUT2D eigenvalue weighted by Crippen LogP contribution is 2.19. The molecule has 2 N–H and O–H groups in total. The average molecular weight is 269 g/mol. The Balaban J connectivity index is 2.54. The normalized spacial score (nSPS) is 18.7. The van der Waals surface area contributed by atoms with Crippen LogP contribution in [0.5, 0.6) is 0 Å². The van der Waals surface area contributed by atoms with Crippen molar-refractivity contribution in [2.75, 3.05) is 26.2 Å². The van der Waals surface area contributed by atoms with Gasteiger partial charge in [-0.3, -0.25) is 9.59 Å². The first-order valence-electron chi connectivity index (χ1n) is 6.98. The molecule has 0 bridgehead atoms. The smallest absolute Gasteiger partial charge is 0.239 e. The molecule has 0 aliphatic carbocycles. The van der Waals surface area contributed by atoms with Gasteiger partial charge in [-0.25, -0.2) is 0 Å². The van der Waals surface area contributed by atoms with E-state index in [0.29, 0.717) is 26.2 Å². The number of piperazine rings is 1. The van der Waals surface area contributed by atoms with Gasteiger partial charge < -0.3 is 15.5 Å². The van der Waals surface area contributed by atoms with Crippen molar-refractivity contribution in [3.05, 3.63) is 0 Å². The van der Waals surface area contributed by atoms with Gasteiger partial charge in [-0.2, -0.15) is 0 Å². The second-order valence-electron chi connectivity index (χ2n) is 6.64. The fourth-order valence-electron chi connectivity index (χ4n) is 2.10. The Morgan fingerprint density at radius 3 is 1.79 bits per heavy atom.